The van der Waals surface area contributed by atoms with Crippen LogP contribution in [0.2, 0.25) is 0 Å². The molecule has 0 amide bonds. The van der Waals surface area contributed by atoms with Crippen molar-refractivity contribution in [2.75, 3.05) is 26.2 Å². The molecule has 0 saturated carbocycles. The maximum atomic E-state index is 6.41. The number of alkyl halides is 1. The van der Waals surface area contributed by atoms with E-state index in [2.05, 4.69) is 25.8 Å². The quantitative estimate of drug-likeness (QED) is 0.534. The zero-order valence-electron chi connectivity index (χ0n) is 13.0. The number of likely N-dealkylation sites (tertiary alicyclic amines) is 2. The minimum absolute atomic E-state index is 0.159. The van der Waals surface area contributed by atoms with Crippen LogP contribution in [0.25, 0.3) is 0 Å². The highest BCUT2D eigenvalue weighted by molar-refractivity contribution is 6.20. The van der Waals surface area contributed by atoms with Gasteiger partial charge in [0.2, 0.25) is 0 Å². The molecule has 3 rings (SSSR count). The van der Waals surface area contributed by atoms with Gasteiger partial charge in [-0.15, -0.1) is 0 Å². The molecule has 0 bridgehead atoms. The predicted molar refractivity (Wildman–Crippen MR) is 86.7 cm³/mol. The van der Waals surface area contributed by atoms with Crippen LogP contribution in [0, 0.1) is 0 Å². The molecule has 6 heteroatoms. The van der Waals surface area contributed by atoms with Crippen LogP contribution in [-0.4, -0.2) is 54.2 Å². The number of nitrogens with zero attached hydrogens (tertiary/aromatic N) is 2. The third-order valence-electron chi connectivity index (χ3n) is 4.94. The maximum Gasteiger partial charge on any atom is 0.139 e. The summed E-state index contributed by atoms with van der Waals surface area (Å²) in [7, 11) is 0. The minimum atomic E-state index is -0.159. The summed E-state index contributed by atoms with van der Waals surface area (Å²) in [4.78, 5) is 5.04. The van der Waals surface area contributed by atoms with Crippen molar-refractivity contribution < 1.29 is 0 Å². The van der Waals surface area contributed by atoms with Crippen LogP contribution in [-0.2, 0) is 0 Å². The monoisotopic (exact) mass is 315 g/mol. The Labute approximate surface area is 133 Å². The van der Waals surface area contributed by atoms with Crippen LogP contribution in [0.4, 0.5) is 0 Å². The fourth-order valence-corrected chi connectivity index (χ4v) is 3.94. The Morgan fingerprint density at radius 3 is 1.33 bits per heavy atom. The Hall–Kier alpha value is 0.0900. The zero-order valence-corrected chi connectivity index (χ0v) is 13.7. The molecule has 3 aliphatic heterocycles. The first kappa shape index (κ1) is 16.0. The summed E-state index contributed by atoms with van der Waals surface area (Å²) in [5.41, 5.74) is -0.159. The van der Waals surface area contributed by atoms with Crippen LogP contribution in [0.5, 0.6) is 0 Å². The minimum Gasteiger partial charge on any atom is -0.276 e. The summed E-state index contributed by atoms with van der Waals surface area (Å²) in [5.74, 6) is 0. The van der Waals surface area contributed by atoms with Gasteiger partial charge in [-0.05, 0) is 25.7 Å². The summed E-state index contributed by atoms with van der Waals surface area (Å²) in [6, 6.07) is 0. The smallest absolute Gasteiger partial charge is 0.139 e. The van der Waals surface area contributed by atoms with E-state index in [4.69, 9.17) is 11.6 Å². The molecule has 0 aromatic heterocycles. The highest BCUT2D eigenvalue weighted by Gasteiger charge is 2.32. The lowest BCUT2D eigenvalue weighted by atomic mass is 10.2. The Morgan fingerprint density at radius 1 is 0.571 bits per heavy atom. The van der Waals surface area contributed by atoms with E-state index in [0.717, 1.165) is 0 Å². The molecule has 3 fully saturated rings. The molecular weight excluding hydrogens is 286 g/mol. The third-order valence-corrected chi connectivity index (χ3v) is 5.19. The molecule has 3 saturated heterocycles. The Bertz CT molecular complexity index is 272. The van der Waals surface area contributed by atoms with Crippen molar-refractivity contribution in [3.05, 3.63) is 0 Å². The van der Waals surface area contributed by atoms with Crippen molar-refractivity contribution in [3.8, 4) is 0 Å². The van der Waals surface area contributed by atoms with Gasteiger partial charge in [0.15, 0.2) is 0 Å². The van der Waals surface area contributed by atoms with Crippen molar-refractivity contribution in [3.63, 3.8) is 0 Å². The van der Waals surface area contributed by atoms with Gasteiger partial charge >= 0.3 is 0 Å². The van der Waals surface area contributed by atoms with Gasteiger partial charge in [0.05, 0.1) is 0 Å². The standard InChI is InChI=1S/C15H30ClN5/c16-13-17-14(20-9-5-1-2-6-10-20)19-15(18-13)21-11-7-3-4-8-12-21/h13-15,17-19H,1-12H2. The summed E-state index contributed by atoms with van der Waals surface area (Å²) in [6.07, 6.45) is 11.0. The molecular formula is C15H30ClN5. The molecule has 2 atom stereocenters. The Balaban J connectivity index is 1.60. The molecule has 3 aliphatic rings. The van der Waals surface area contributed by atoms with Crippen LogP contribution < -0.4 is 16.0 Å². The van der Waals surface area contributed by atoms with Gasteiger partial charge in [-0.2, -0.15) is 0 Å². The van der Waals surface area contributed by atoms with E-state index in [1.165, 1.54) is 77.5 Å². The first-order valence-corrected chi connectivity index (χ1v) is 9.17. The van der Waals surface area contributed by atoms with E-state index >= 15 is 0 Å². The van der Waals surface area contributed by atoms with Crippen molar-refractivity contribution >= 4 is 11.6 Å². The summed E-state index contributed by atoms with van der Waals surface area (Å²) < 4.78 is 0. The molecule has 5 nitrogen and oxygen atoms in total. The normalized spacial score (nSPS) is 37.9. The second kappa shape index (κ2) is 8.09. The fraction of sp³-hybridized carbons (Fsp3) is 1.00. The third kappa shape index (κ3) is 4.53. The van der Waals surface area contributed by atoms with Gasteiger partial charge in [-0.3, -0.25) is 25.8 Å². The second-order valence-corrected chi connectivity index (χ2v) is 7.00. The maximum absolute atomic E-state index is 6.41. The van der Waals surface area contributed by atoms with E-state index in [-0.39, 0.29) is 18.2 Å². The van der Waals surface area contributed by atoms with Crippen molar-refractivity contribution in [2.45, 2.75) is 69.6 Å². The van der Waals surface area contributed by atoms with E-state index in [1.807, 2.05) is 0 Å². The van der Waals surface area contributed by atoms with Crippen molar-refractivity contribution in [1.82, 2.24) is 25.8 Å². The van der Waals surface area contributed by atoms with Crippen LogP contribution in [0.3, 0.4) is 0 Å². The second-order valence-electron chi connectivity index (χ2n) is 6.57. The predicted octanol–water partition coefficient (Wildman–Crippen LogP) is 1.61. The molecule has 0 aromatic rings. The molecule has 0 radical (unpaired) electrons. The van der Waals surface area contributed by atoms with Gasteiger partial charge < -0.3 is 0 Å². The molecule has 3 N–H and O–H groups in total. The van der Waals surface area contributed by atoms with Gasteiger partial charge in [0.1, 0.15) is 18.2 Å². The highest BCUT2D eigenvalue weighted by atomic mass is 35.5. The molecule has 0 aromatic carbocycles. The fourth-order valence-electron chi connectivity index (χ4n) is 3.70. The van der Waals surface area contributed by atoms with Gasteiger partial charge in [-0.1, -0.05) is 37.3 Å². The number of rotatable bonds is 2. The lowest BCUT2D eigenvalue weighted by Gasteiger charge is -2.45. The summed E-state index contributed by atoms with van der Waals surface area (Å²) in [6.45, 7) is 4.67. The molecule has 0 aliphatic carbocycles. The van der Waals surface area contributed by atoms with E-state index in [0.29, 0.717) is 0 Å². The summed E-state index contributed by atoms with van der Waals surface area (Å²) in [5, 5.41) is 10.6. The van der Waals surface area contributed by atoms with Crippen LogP contribution in [0.15, 0.2) is 0 Å². The lowest BCUT2D eigenvalue weighted by Crippen LogP contribution is -2.74. The lowest BCUT2D eigenvalue weighted by molar-refractivity contribution is 0.0179. The van der Waals surface area contributed by atoms with Crippen molar-refractivity contribution in [2.24, 2.45) is 0 Å². The van der Waals surface area contributed by atoms with Gasteiger partial charge in [-0.25, -0.2) is 0 Å². The Morgan fingerprint density at radius 2 is 0.952 bits per heavy atom. The molecule has 21 heavy (non-hydrogen) atoms. The van der Waals surface area contributed by atoms with E-state index < -0.39 is 0 Å². The van der Waals surface area contributed by atoms with Gasteiger partial charge in [0, 0.05) is 26.2 Å². The molecule has 2 unspecified atom stereocenters. The van der Waals surface area contributed by atoms with Crippen LogP contribution >= 0.6 is 11.6 Å². The van der Waals surface area contributed by atoms with Crippen LogP contribution in [0.1, 0.15) is 51.4 Å². The number of hydrogen-bond donors (Lipinski definition) is 3. The highest BCUT2D eigenvalue weighted by Crippen LogP contribution is 2.16. The number of halogens is 1. The van der Waals surface area contributed by atoms with Crippen molar-refractivity contribution in [1.29, 1.82) is 0 Å². The zero-order chi connectivity index (χ0) is 14.5. The first-order valence-electron chi connectivity index (χ1n) is 8.73. The average molecular weight is 316 g/mol. The number of hydrogen-bond acceptors (Lipinski definition) is 5. The van der Waals surface area contributed by atoms with Gasteiger partial charge in [0.25, 0.3) is 0 Å². The first-order chi connectivity index (χ1) is 10.3. The largest absolute Gasteiger partial charge is 0.276 e. The summed E-state index contributed by atoms with van der Waals surface area (Å²) >= 11 is 6.41. The Kier molecular flexibility index (Phi) is 6.15. The molecule has 122 valence electrons. The molecule has 0 spiro atoms. The van der Waals surface area contributed by atoms with E-state index in [1.54, 1.807) is 0 Å². The number of nitrogens with one attached hydrogen (secondary N) is 3. The SMILES string of the molecule is ClC1NC(N2CCCCCC2)NC(N2CCCCCC2)N1. The average Bonchev–Trinajstić information content (AvgIpc) is 2.92. The topological polar surface area (TPSA) is 42.6 Å². The molecule has 3 heterocycles. The van der Waals surface area contributed by atoms with E-state index in [9.17, 15) is 0 Å².